The van der Waals surface area contributed by atoms with Gasteiger partial charge in [0.05, 0.1) is 24.0 Å². The third-order valence-electron chi connectivity index (χ3n) is 4.50. The number of amides is 1. The number of carbonyl (C=O) groups is 1. The summed E-state index contributed by atoms with van der Waals surface area (Å²) < 4.78 is 3.75. The zero-order chi connectivity index (χ0) is 19.4. The molecular formula is C20H24ClN5O. The standard InChI is InChI=1S/C20H24ClN5O/c1-14-12-23-25(13-14)10-4-9-22-20(27)11-19-15(2)24-26(16(19)3)18-7-5-17(21)6-8-18/h5-8,12-13H,4,9-11H2,1-3H3,(H,22,27). The van der Waals surface area contributed by atoms with Gasteiger partial charge in [-0.2, -0.15) is 10.2 Å². The van der Waals surface area contributed by atoms with Crippen molar-refractivity contribution < 1.29 is 4.79 Å². The molecule has 1 amide bonds. The fourth-order valence-corrected chi connectivity index (χ4v) is 3.17. The van der Waals surface area contributed by atoms with E-state index < -0.39 is 0 Å². The Kier molecular flexibility index (Phi) is 5.96. The smallest absolute Gasteiger partial charge is 0.224 e. The highest BCUT2D eigenvalue weighted by Crippen LogP contribution is 2.20. The summed E-state index contributed by atoms with van der Waals surface area (Å²) in [5.74, 6) is 0.00787. The van der Waals surface area contributed by atoms with Crippen LogP contribution < -0.4 is 5.32 Å². The number of nitrogens with one attached hydrogen (secondary N) is 1. The van der Waals surface area contributed by atoms with Gasteiger partial charge in [0.1, 0.15) is 0 Å². The zero-order valence-electron chi connectivity index (χ0n) is 15.9. The van der Waals surface area contributed by atoms with E-state index >= 15 is 0 Å². The van der Waals surface area contributed by atoms with Gasteiger partial charge in [0.15, 0.2) is 0 Å². The molecule has 2 heterocycles. The molecule has 142 valence electrons. The Balaban J connectivity index is 1.56. The third kappa shape index (κ3) is 4.77. The summed E-state index contributed by atoms with van der Waals surface area (Å²) in [4.78, 5) is 12.3. The molecule has 0 saturated heterocycles. The van der Waals surface area contributed by atoms with Crippen LogP contribution >= 0.6 is 11.6 Å². The van der Waals surface area contributed by atoms with Crippen LogP contribution in [-0.2, 0) is 17.8 Å². The molecule has 0 spiro atoms. The Morgan fingerprint density at radius 2 is 1.93 bits per heavy atom. The molecule has 0 aliphatic carbocycles. The van der Waals surface area contributed by atoms with E-state index in [0.29, 0.717) is 18.0 Å². The van der Waals surface area contributed by atoms with E-state index in [1.165, 1.54) is 0 Å². The first-order valence-electron chi connectivity index (χ1n) is 9.01. The number of aryl methyl sites for hydroxylation is 3. The topological polar surface area (TPSA) is 64.7 Å². The molecular weight excluding hydrogens is 362 g/mol. The van der Waals surface area contributed by atoms with E-state index in [1.807, 2.05) is 66.8 Å². The SMILES string of the molecule is Cc1cnn(CCCNC(=O)Cc2c(C)nn(-c3ccc(Cl)cc3)c2C)c1. The average Bonchev–Trinajstić information content (AvgIpc) is 3.17. The summed E-state index contributed by atoms with van der Waals surface area (Å²) in [6.07, 6.45) is 5.00. The van der Waals surface area contributed by atoms with Crippen molar-refractivity contribution in [3.8, 4) is 5.69 Å². The van der Waals surface area contributed by atoms with Gasteiger partial charge in [-0.1, -0.05) is 11.6 Å². The number of carbonyl (C=O) groups excluding carboxylic acids is 1. The van der Waals surface area contributed by atoms with Gasteiger partial charge < -0.3 is 5.32 Å². The van der Waals surface area contributed by atoms with Gasteiger partial charge in [0.2, 0.25) is 5.91 Å². The van der Waals surface area contributed by atoms with Crippen molar-refractivity contribution in [2.24, 2.45) is 0 Å². The Hall–Kier alpha value is -2.60. The van der Waals surface area contributed by atoms with E-state index in [2.05, 4.69) is 15.5 Å². The van der Waals surface area contributed by atoms with Crippen LogP contribution in [0.4, 0.5) is 0 Å². The number of hydrogen-bond acceptors (Lipinski definition) is 3. The molecule has 1 aromatic carbocycles. The maximum absolute atomic E-state index is 12.3. The molecule has 6 nitrogen and oxygen atoms in total. The Morgan fingerprint density at radius 3 is 2.59 bits per heavy atom. The van der Waals surface area contributed by atoms with E-state index in [9.17, 15) is 4.79 Å². The molecule has 3 aromatic rings. The largest absolute Gasteiger partial charge is 0.356 e. The lowest BCUT2D eigenvalue weighted by atomic mass is 10.1. The summed E-state index contributed by atoms with van der Waals surface area (Å²) >= 11 is 5.96. The van der Waals surface area contributed by atoms with Crippen LogP contribution in [0.25, 0.3) is 5.69 Å². The summed E-state index contributed by atoms with van der Waals surface area (Å²) in [5.41, 5.74) is 4.87. The quantitative estimate of drug-likeness (QED) is 0.634. The molecule has 0 unspecified atom stereocenters. The van der Waals surface area contributed by atoms with E-state index in [4.69, 9.17) is 11.6 Å². The summed E-state index contributed by atoms with van der Waals surface area (Å²) in [5, 5.41) is 12.5. The fraction of sp³-hybridized carbons (Fsp3) is 0.350. The minimum absolute atomic E-state index is 0.00787. The number of hydrogen-bond donors (Lipinski definition) is 1. The van der Waals surface area contributed by atoms with Crippen LogP contribution in [0, 0.1) is 20.8 Å². The lowest BCUT2D eigenvalue weighted by Gasteiger charge is -2.07. The van der Waals surface area contributed by atoms with Crippen molar-refractivity contribution in [2.75, 3.05) is 6.54 Å². The highest BCUT2D eigenvalue weighted by Gasteiger charge is 2.15. The third-order valence-corrected chi connectivity index (χ3v) is 4.75. The van der Waals surface area contributed by atoms with Crippen molar-refractivity contribution in [2.45, 2.75) is 40.2 Å². The first kappa shape index (κ1) is 19.2. The summed E-state index contributed by atoms with van der Waals surface area (Å²) in [6, 6.07) is 7.51. The van der Waals surface area contributed by atoms with Crippen LogP contribution in [0.1, 0.15) is 28.9 Å². The number of aromatic nitrogens is 4. The highest BCUT2D eigenvalue weighted by atomic mass is 35.5. The lowest BCUT2D eigenvalue weighted by molar-refractivity contribution is -0.120. The van der Waals surface area contributed by atoms with Gasteiger partial charge in [-0.3, -0.25) is 9.48 Å². The average molecular weight is 386 g/mol. The maximum Gasteiger partial charge on any atom is 0.224 e. The van der Waals surface area contributed by atoms with Crippen molar-refractivity contribution in [3.63, 3.8) is 0 Å². The molecule has 0 aliphatic rings. The van der Waals surface area contributed by atoms with Gasteiger partial charge in [-0.15, -0.1) is 0 Å². The minimum atomic E-state index is 0.00787. The Labute approximate surface area is 164 Å². The number of rotatable bonds is 7. The monoisotopic (exact) mass is 385 g/mol. The van der Waals surface area contributed by atoms with Crippen LogP contribution in [0.5, 0.6) is 0 Å². The molecule has 0 bridgehead atoms. The molecule has 0 saturated carbocycles. The first-order chi connectivity index (χ1) is 12.9. The predicted molar refractivity (Wildman–Crippen MR) is 106 cm³/mol. The van der Waals surface area contributed by atoms with Gasteiger partial charge >= 0.3 is 0 Å². The minimum Gasteiger partial charge on any atom is -0.356 e. The van der Waals surface area contributed by atoms with Gasteiger partial charge in [0.25, 0.3) is 0 Å². The van der Waals surface area contributed by atoms with Crippen LogP contribution in [-0.4, -0.2) is 32.0 Å². The molecule has 7 heteroatoms. The van der Waals surface area contributed by atoms with Crippen molar-refractivity contribution in [3.05, 3.63) is 64.2 Å². The van der Waals surface area contributed by atoms with E-state index in [-0.39, 0.29) is 5.91 Å². The number of halogens is 1. The second kappa shape index (κ2) is 8.39. The maximum atomic E-state index is 12.3. The molecule has 0 atom stereocenters. The summed E-state index contributed by atoms with van der Waals surface area (Å²) in [7, 11) is 0. The van der Waals surface area contributed by atoms with E-state index in [1.54, 1.807) is 0 Å². The fourth-order valence-electron chi connectivity index (χ4n) is 3.05. The molecule has 2 aromatic heterocycles. The van der Waals surface area contributed by atoms with Crippen LogP contribution in [0.2, 0.25) is 5.02 Å². The van der Waals surface area contributed by atoms with Gasteiger partial charge in [0, 0.05) is 35.6 Å². The van der Waals surface area contributed by atoms with Crippen LogP contribution in [0.15, 0.2) is 36.7 Å². The van der Waals surface area contributed by atoms with Crippen molar-refractivity contribution in [1.29, 1.82) is 0 Å². The molecule has 3 rings (SSSR count). The summed E-state index contributed by atoms with van der Waals surface area (Å²) in [6.45, 7) is 7.35. The van der Waals surface area contributed by atoms with Crippen molar-refractivity contribution in [1.82, 2.24) is 24.9 Å². The number of benzene rings is 1. The lowest BCUT2D eigenvalue weighted by Crippen LogP contribution is -2.27. The first-order valence-corrected chi connectivity index (χ1v) is 9.38. The second-order valence-corrected chi connectivity index (χ2v) is 7.14. The van der Waals surface area contributed by atoms with Crippen LogP contribution in [0.3, 0.4) is 0 Å². The number of nitrogens with zero attached hydrogens (tertiary/aromatic N) is 4. The molecule has 0 fully saturated rings. The molecule has 27 heavy (non-hydrogen) atoms. The molecule has 1 N–H and O–H groups in total. The van der Waals surface area contributed by atoms with Gasteiger partial charge in [-0.25, -0.2) is 4.68 Å². The zero-order valence-corrected chi connectivity index (χ0v) is 16.6. The predicted octanol–water partition coefficient (Wildman–Crippen LogP) is 3.40. The molecule has 0 aliphatic heterocycles. The highest BCUT2D eigenvalue weighted by molar-refractivity contribution is 6.30. The normalized spacial score (nSPS) is 11.0. The second-order valence-electron chi connectivity index (χ2n) is 6.70. The van der Waals surface area contributed by atoms with Gasteiger partial charge in [-0.05, 0) is 57.0 Å². The van der Waals surface area contributed by atoms with E-state index in [0.717, 1.165) is 41.2 Å². The Morgan fingerprint density at radius 1 is 1.19 bits per heavy atom. The molecule has 0 radical (unpaired) electrons. The van der Waals surface area contributed by atoms with Crippen molar-refractivity contribution >= 4 is 17.5 Å². The Bertz CT molecular complexity index is 927.